The number of thiophene rings is 1. The highest BCUT2D eigenvalue weighted by molar-refractivity contribution is 7.17. The Labute approximate surface area is 227 Å². The molecule has 5 heterocycles. The lowest BCUT2D eigenvalue weighted by Crippen LogP contribution is -2.11. The van der Waals surface area contributed by atoms with Crippen molar-refractivity contribution in [2.45, 2.75) is 33.1 Å². The molecule has 0 saturated carbocycles. The molecule has 0 aliphatic carbocycles. The minimum absolute atomic E-state index is 0.0224. The van der Waals surface area contributed by atoms with Gasteiger partial charge < -0.3 is 10.3 Å². The smallest absolute Gasteiger partial charge is 0.224 e. The number of carbonyl (C=O) groups excluding carboxylic acids is 2. The Morgan fingerprint density at radius 3 is 2.74 bits per heavy atom. The van der Waals surface area contributed by atoms with E-state index in [2.05, 4.69) is 37.4 Å². The van der Waals surface area contributed by atoms with E-state index in [4.69, 9.17) is 4.98 Å². The zero-order chi connectivity index (χ0) is 26.9. The van der Waals surface area contributed by atoms with E-state index >= 15 is 0 Å². The normalized spacial score (nSPS) is 11.3. The topological polar surface area (TPSA) is 129 Å². The van der Waals surface area contributed by atoms with Crippen LogP contribution in [0.1, 0.15) is 42.8 Å². The number of unbranched alkanes of at least 4 members (excludes halogenated alkanes) is 1. The number of anilines is 1. The molecule has 6 aromatic rings. The number of nitrogens with zero attached hydrogens (tertiary/aromatic N) is 4. The van der Waals surface area contributed by atoms with Gasteiger partial charge in [0.25, 0.3) is 0 Å². The number of carbonyl (C=O) groups is 2. The van der Waals surface area contributed by atoms with Crippen LogP contribution in [0.2, 0.25) is 0 Å². The second-order valence-electron chi connectivity index (χ2n) is 9.31. The molecule has 1 amide bonds. The largest absolute Gasteiger partial charge is 0.337 e. The highest BCUT2D eigenvalue weighted by atomic mass is 32.1. The van der Waals surface area contributed by atoms with Crippen molar-refractivity contribution in [3.8, 4) is 33.1 Å². The van der Waals surface area contributed by atoms with Gasteiger partial charge in [0.2, 0.25) is 5.91 Å². The van der Waals surface area contributed by atoms with Gasteiger partial charge in [-0.05, 0) is 43.7 Å². The number of imidazole rings is 1. The molecule has 39 heavy (non-hydrogen) atoms. The van der Waals surface area contributed by atoms with Gasteiger partial charge in [-0.3, -0.25) is 19.7 Å². The standard InChI is InChI=1S/C29H25N7O2S/c1-3-4-8-25(38)32-19-11-17(13-30-15-19)18-12-21-27(35-36-28(21)31-14-18)29-33-22-7-5-6-20(26(22)34-29)24-10-9-23(39-24)16(2)37/h5-7,9-15H,3-4,8H2,1-2H3,(H,32,38)(H,33,34)(H,31,35,36). The molecule has 0 saturated heterocycles. The summed E-state index contributed by atoms with van der Waals surface area (Å²) >= 11 is 1.46. The number of para-hydroxylation sites is 1. The van der Waals surface area contributed by atoms with Crippen LogP contribution in [0.25, 0.3) is 55.2 Å². The fourth-order valence-electron chi connectivity index (χ4n) is 4.48. The Bertz CT molecular complexity index is 1850. The van der Waals surface area contributed by atoms with E-state index in [0.29, 0.717) is 34.2 Å². The van der Waals surface area contributed by atoms with Gasteiger partial charge in [0.05, 0.1) is 33.2 Å². The summed E-state index contributed by atoms with van der Waals surface area (Å²) < 4.78 is 0. The molecule has 0 aliphatic rings. The van der Waals surface area contributed by atoms with Crippen LogP contribution in [0, 0.1) is 0 Å². The third kappa shape index (κ3) is 4.82. The molecule has 0 bridgehead atoms. The van der Waals surface area contributed by atoms with Crippen molar-refractivity contribution in [3.63, 3.8) is 0 Å². The molecule has 10 heteroatoms. The summed E-state index contributed by atoms with van der Waals surface area (Å²) in [6, 6.07) is 13.6. The van der Waals surface area contributed by atoms with Crippen LogP contribution in [-0.2, 0) is 4.79 Å². The van der Waals surface area contributed by atoms with Crippen LogP contribution >= 0.6 is 11.3 Å². The highest BCUT2D eigenvalue weighted by Gasteiger charge is 2.17. The van der Waals surface area contributed by atoms with Crippen LogP contribution in [0.5, 0.6) is 0 Å². The lowest BCUT2D eigenvalue weighted by atomic mass is 10.1. The van der Waals surface area contributed by atoms with Crippen molar-refractivity contribution in [2.75, 3.05) is 5.32 Å². The van der Waals surface area contributed by atoms with E-state index in [1.54, 1.807) is 25.5 Å². The third-order valence-electron chi connectivity index (χ3n) is 6.48. The molecular formula is C29H25N7O2S. The van der Waals surface area contributed by atoms with Gasteiger partial charge in [0.15, 0.2) is 17.3 Å². The molecule has 3 N–H and O–H groups in total. The highest BCUT2D eigenvalue weighted by Crippen LogP contribution is 2.35. The molecule has 0 fully saturated rings. The van der Waals surface area contributed by atoms with Crippen molar-refractivity contribution in [3.05, 3.63) is 65.9 Å². The number of ketones is 1. The van der Waals surface area contributed by atoms with Gasteiger partial charge in [0, 0.05) is 40.4 Å². The summed E-state index contributed by atoms with van der Waals surface area (Å²) in [6.07, 6.45) is 7.43. The number of fused-ring (bicyclic) bond motifs is 2. The fourth-order valence-corrected chi connectivity index (χ4v) is 5.41. The summed E-state index contributed by atoms with van der Waals surface area (Å²) in [4.78, 5) is 42.9. The maximum atomic E-state index is 12.2. The SMILES string of the molecule is CCCCC(=O)Nc1cncc(-c2cnc3[nH]nc(-c4nc5c(-c6ccc(C(C)=O)s6)cccc5[nH]4)c3c2)c1. The Balaban J connectivity index is 1.36. The van der Waals surface area contributed by atoms with Crippen LogP contribution in [0.3, 0.4) is 0 Å². The predicted molar refractivity (Wildman–Crippen MR) is 154 cm³/mol. The molecule has 5 aromatic heterocycles. The van der Waals surface area contributed by atoms with Gasteiger partial charge in [-0.2, -0.15) is 5.10 Å². The minimum atomic E-state index is -0.0224. The van der Waals surface area contributed by atoms with E-state index in [9.17, 15) is 9.59 Å². The van der Waals surface area contributed by atoms with Crippen molar-refractivity contribution in [2.24, 2.45) is 0 Å². The van der Waals surface area contributed by atoms with E-state index in [1.807, 2.05) is 42.5 Å². The summed E-state index contributed by atoms with van der Waals surface area (Å²) in [5.41, 5.74) is 6.23. The average molecular weight is 536 g/mol. The van der Waals surface area contributed by atoms with Crippen molar-refractivity contribution < 1.29 is 9.59 Å². The van der Waals surface area contributed by atoms with Gasteiger partial charge in [0.1, 0.15) is 5.69 Å². The lowest BCUT2D eigenvalue weighted by Gasteiger charge is -2.07. The monoisotopic (exact) mass is 535 g/mol. The third-order valence-corrected chi connectivity index (χ3v) is 7.70. The first-order chi connectivity index (χ1) is 19.0. The number of pyridine rings is 2. The molecular weight excluding hydrogens is 510 g/mol. The number of H-pyrrole nitrogens is 2. The molecule has 0 atom stereocenters. The second kappa shape index (κ2) is 10.2. The minimum Gasteiger partial charge on any atom is -0.337 e. The molecule has 0 radical (unpaired) electrons. The first-order valence-corrected chi connectivity index (χ1v) is 13.5. The number of hydrogen-bond donors (Lipinski definition) is 3. The maximum absolute atomic E-state index is 12.2. The Kier molecular flexibility index (Phi) is 6.45. The number of benzene rings is 1. The molecule has 0 aliphatic heterocycles. The van der Waals surface area contributed by atoms with E-state index in [0.717, 1.165) is 50.8 Å². The molecule has 0 unspecified atom stereocenters. The summed E-state index contributed by atoms with van der Waals surface area (Å²) in [5.74, 6) is 0.638. The number of nitrogens with one attached hydrogen (secondary N) is 3. The van der Waals surface area contributed by atoms with Crippen LogP contribution in [-0.4, -0.2) is 41.8 Å². The quantitative estimate of drug-likeness (QED) is 0.188. The van der Waals surface area contributed by atoms with Crippen LogP contribution in [0.15, 0.2) is 61.1 Å². The van der Waals surface area contributed by atoms with Gasteiger partial charge in [-0.15, -0.1) is 11.3 Å². The molecule has 194 valence electrons. The van der Waals surface area contributed by atoms with Crippen LogP contribution in [0.4, 0.5) is 5.69 Å². The molecule has 1 aromatic carbocycles. The number of rotatable bonds is 8. The Morgan fingerprint density at radius 1 is 1.05 bits per heavy atom. The first kappa shape index (κ1) is 24.6. The Morgan fingerprint density at radius 2 is 1.92 bits per heavy atom. The first-order valence-electron chi connectivity index (χ1n) is 12.7. The number of hydrogen-bond acceptors (Lipinski definition) is 7. The zero-order valence-corrected chi connectivity index (χ0v) is 22.2. The Hall–Kier alpha value is -4.70. The van der Waals surface area contributed by atoms with E-state index in [-0.39, 0.29) is 11.7 Å². The zero-order valence-electron chi connectivity index (χ0n) is 21.4. The van der Waals surface area contributed by atoms with Gasteiger partial charge >= 0.3 is 0 Å². The average Bonchev–Trinajstić information content (AvgIpc) is 3.69. The number of aromatic amines is 2. The summed E-state index contributed by atoms with van der Waals surface area (Å²) in [7, 11) is 0. The van der Waals surface area contributed by atoms with Crippen LogP contribution < -0.4 is 5.32 Å². The second-order valence-corrected chi connectivity index (χ2v) is 10.4. The van der Waals surface area contributed by atoms with Gasteiger partial charge in [-0.25, -0.2) is 9.97 Å². The molecule has 6 rings (SSSR count). The van der Waals surface area contributed by atoms with Crippen molar-refractivity contribution in [1.29, 1.82) is 0 Å². The summed E-state index contributed by atoms with van der Waals surface area (Å²) in [6.45, 7) is 3.63. The lowest BCUT2D eigenvalue weighted by molar-refractivity contribution is -0.116. The van der Waals surface area contributed by atoms with E-state index < -0.39 is 0 Å². The van der Waals surface area contributed by atoms with Crippen molar-refractivity contribution in [1.82, 2.24) is 30.1 Å². The van der Waals surface area contributed by atoms with Gasteiger partial charge in [-0.1, -0.05) is 25.5 Å². The van der Waals surface area contributed by atoms with Crippen molar-refractivity contribution >= 4 is 50.8 Å². The number of aromatic nitrogens is 6. The predicted octanol–water partition coefficient (Wildman–Crippen LogP) is 6.62. The molecule has 0 spiro atoms. The fraction of sp³-hybridized carbons (Fsp3) is 0.172. The van der Waals surface area contributed by atoms with E-state index in [1.165, 1.54) is 11.3 Å². The summed E-state index contributed by atoms with van der Waals surface area (Å²) in [5, 5.41) is 11.2. The number of Topliss-reactive ketones (excluding diaryl/α,β-unsaturated/α-hetero) is 1. The number of amides is 1. The maximum Gasteiger partial charge on any atom is 0.224 e. The molecule has 9 nitrogen and oxygen atoms in total.